The number of rotatable bonds is 11. The Morgan fingerprint density at radius 3 is 2.11 bits per heavy atom. The minimum absolute atomic E-state index is 0.581. The Hall–Kier alpha value is -0.758. The van der Waals surface area contributed by atoms with Gasteiger partial charge in [0, 0.05) is 0 Å². The summed E-state index contributed by atoms with van der Waals surface area (Å²) in [6.45, 7) is 16.8. The lowest BCUT2D eigenvalue weighted by molar-refractivity contribution is 0.802. The van der Waals surface area contributed by atoms with Crippen LogP contribution in [0.25, 0.3) is 0 Å². The molecule has 0 spiro atoms. The first-order valence-electron chi connectivity index (χ1n) is 6.97. The number of hydrogen-bond donors (Lipinski definition) is 0. The van der Waals surface area contributed by atoms with Crippen LogP contribution >= 0.6 is 0 Å². The van der Waals surface area contributed by atoms with E-state index in [1.165, 1.54) is 19.3 Å². The molecule has 0 aromatic rings. The highest BCUT2D eigenvalue weighted by Gasteiger charge is 2.18. The third-order valence-electron chi connectivity index (χ3n) is 3.23. The van der Waals surface area contributed by atoms with Crippen molar-refractivity contribution in [1.29, 1.82) is 0 Å². The van der Waals surface area contributed by atoms with Gasteiger partial charge in [-0.25, -0.2) is 0 Å². The van der Waals surface area contributed by atoms with Crippen molar-refractivity contribution in [3.8, 4) is 0 Å². The predicted octanol–water partition coefficient (Wildman–Crippen LogP) is 5.17. The molecule has 0 aromatic carbocycles. The zero-order chi connectivity index (χ0) is 13.8. The van der Waals surface area contributed by atoms with Gasteiger partial charge < -0.3 is 0 Å². The smallest absolute Gasteiger partial charge is 0.104 e. The number of allylic oxidation sites excluding steroid dienone is 5. The highest BCUT2D eigenvalue weighted by molar-refractivity contribution is 6.69. The fraction of sp³-hybridized carbons (Fsp3) is 0.500. The van der Waals surface area contributed by atoms with E-state index in [0.29, 0.717) is 6.71 Å². The first kappa shape index (κ1) is 17.2. The van der Waals surface area contributed by atoms with Gasteiger partial charge >= 0.3 is 0 Å². The first-order chi connectivity index (χ1) is 8.74. The summed E-state index contributed by atoms with van der Waals surface area (Å²) in [5, 5.41) is 1.66. The molecule has 0 amide bonds. The number of hydrogen-bond acceptors (Lipinski definition) is 0. The maximum Gasteiger partial charge on any atom is 0.177 e. The van der Waals surface area contributed by atoms with E-state index < -0.39 is 0 Å². The van der Waals surface area contributed by atoms with Crippen LogP contribution in [0.5, 0.6) is 0 Å². The summed E-state index contributed by atoms with van der Waals surface area (Å²) in [6.07, 6.45) is 13.0. The Bertz CT molecular complexity index is 281. The fourth-order valence-corrected chi connectivity index (χ4v) is 3.33. The van der Waals surface area contributed by atoms with Crippen LogP contribution in [-0.4, -0.2) is 16.2 Å². The summed E-state index contributed by atoms with van der Waals surface area (Å²) < 4.78 is 0. The Kier molecular flexibility index (Phi) is 10.9. The summed E-state index contributed by atoms with van der Waals surface area (Å²) in [6, 6.07) is 0. The molecule has 0 atom stereocenters. The highest BCUT2D eigenvalue weighted by atomic mass is 28.2. The Labute approximate surface area is 117 Å². The van der Waals surface area contributed by atoms with Gasteiger partial charge in [0.05, 0.1) is 9.52 Å². The van der Waals surface area contributed by atoms with Crippen LogP contribution in [0.15, 0.2) is 48.6 Å². The van der Waals surface area contributed by atoms with Crippen LogP contribution in [0, 0.1) is 0 Å². The van der Waals surface area contributed by atoms with Crippen molar-refractivity contribution in [2.45, 2.75) is 51.8 Å². The van der Waals surface area contributed by atoms with Gasteiger partial charge in [-0.05, 0) is 12.8 Å². The van der Waals surface area contributed by atoms with Crippen LogP contribution in [0.3, 0.4) is 0 Å². The van der Waals surface area contributed by atoms with Gasteiger partial charge in [-0.15, -0.1) is 25.2 Å². The van der Waals surface area contributed by atoms with Crippen molar-refractivity contribution in [3.63, 3.8) is 0 Å². The number of unbranched alkanes of at least 4 members (excludes halogenated alkanes) is 1. The second kappa shape index (κ2) is 11.3. The lowest BCUT2D eigenvalue weighted by Crippen LogP contribution is -2.18. The maximum atomic E-state index is 3.92. The highest BCUT2D eigenvalue weighted by Crippen LogP contribution is 2.23. The molecule has 0 N–H and O–H groups in total. The summed E-state index contributed by atoms with van der Waals surface area (Å²) in [4.78, 5) is 0. The van der Waals surface area contributed by atoms with Crippen molar-refractivity contribution in [2.75, 3.05) is 0 Å². The fourth-order valence-electron chi connectivity index (χ4n) is 2.27. The molecule has 0 bridgehead atoms. The van der Waals surface area contributed by atoms with E-state index in [4.69, 9.17) is 0 Å². The average Bonchev–Trinajstić information content (AvgIpc) is 2.38. The topological polar surface area (TPSA) is 0 Å². The molecule has 0 saturated heterocycles. The molecule has 0 heterocycles. The molecule has 0 aliphatic rings. The maximum absolute atomic E-state index is 3.92. The summed E-state index contributed by atoms with van der Waals surface area (Å²) in [7, 11) is 0.914. The lowest BCUT2D eigenvalue weighted by Gasteiger charge is -2.19. The summed E-state index contributed by atoms with van der Waals surface area (Å²) in [5.41, 5.74) is 1.60. The van der Waals surface area contributed by atoms with Gasteiger partial charge in [-0.1, -0.05) is 62.4 Å². The molecule has 0 saturated carbocycles. The van der Waals surface area contributed by atoms with Crippen LogP contribution < -0.4 is 0 Å². The molecule has 0 aliphatic heterocycles. The molecule has 2 heteroatoms. The largest absolute Gasteiger partial charge is 0.177 e. The van der Waals surface area contributed by atoms with E-state index in [2.05, 4.69) is 33.2 Å². The molecular formula is C16H27BSi. The van der Waals surface area contributed by atoms with Crippen molar-refractivity contribution in [2.24, 2.45) is 0 Å². The van der Waals surface area contributed by atoms with Crippen molar-refractivity contribution in [3.05, 3.63) is 48.6 Å². The van der Waals surface area contributed by atoms with Crippen LogP contribution in [0.2, 0.25) is 19.2 Å². The molecule has 0 nitrogen and oxygen atoms in total. The molecule has 18 heavy (non-hydrogen) atoms. The van der Waals surface area contributed by atoms with E-state index in [1.54, 1.807) is 10.7 Å². The van der Waals surface area contributed by atoms with E-state index >= 15 is 0 Å². The monoisotopic (exact) mass is 258 g/mol. The van der Waals surface area contributed by atoms with Gasteiger partial charge in [-0.3, -0.25) is 0 Å². The third kappa shape index (κ3) is 6.25. The van der Waals surface area contributed by atoms with Gasteiger partial charge in [0.1, 0.15) is 0 Å². The van der Waals surface area contributed by atoms with Gasteiger partial charge in [-0.2, -0.15) is 0 Å². The average molecular weight is 258 g/mol. The second-order valence-corrected chi connectivity index (χ2v) is 5.70. The second-order valence-electron chi connectivity index (χ2n) is 4.60. The van der Waals surface area contributed by atoms with E-state index in [9.17, 15) is 0 Å². The van der Waals surface area contributed by atoms with Crippen molar-refractivity contribution >= 4 is 16.2 Å². The van der Waals surface area contributed by atoms with Crippen LogP contribution in [0.1, 0.15) is 32.6 Å². The van der Waals surface area contributed by atoms with Crippen molar-refractivity contribution in [1.82, 2.24) is 0 Å². The Morgan fingerprint density at radius 1 is 1.11 bits per heavy atom. The molecule has 0 aliphatic carbocycles. The summed E-state index contributed by atoms with van der Waals surface area (Å²) in [5.74, 6) is 0. The zero-order valence-electron chi connectivity index (χ0n) is 12.2. The molecular weight excluding hydrogens is 231 g/mol. The zero-order valence-corrected chi connectivity index (χ0v) is 13.2. The quantitative estimate of drug-likeness (QED) is 0.354. The SMILES string of the molecule is C=CCB(CC=C)/C(CC=C)=C(/CCCC)[Si]C. The van der Waals surface area contributed by atoms with Gasteiger partial charge in [0.15, 0.2) is 6.71 Å². The lowest BCUT2D eigenvalue weighted by atomic mass is 9.39. The van der Waals surface area contributed by atoms with E-state index in [1.807, 2.05) is 18.2 Å². The molecule has 0 aromatic heterocycles. The van der Waals surface area contributed by atoms with Gasteiger partial charge in [0.25, 0.3) is 0 Å². The minimum Gasteiger partial charge on any atom is -0.104 e. The van der Waals surface area contributed by atoms with Crippen LogP contribution in [-0.2, 0) is 0 Å². The molecule has 0 unspecified atom stereocenters. The normalized spacial score (nSPS) is 11.7. The van der Waals surface area contributed by atoms with Crippen LogP contribution in [0.4, 0.5) is 0 Å². The minimum atomic E-state index is 0.581. The summed E-state index contributed by atoms with van der Waals surface area (Å²) >= 11 is 0. The molecule has 0 fully saturated rings. The predicted molar refractivity (Wildman–Crippen MR) is 88.7 cm³/mol. The van der Waals surface area contributed by atoms with E-state index in [-0.39, 0.29) is 0 Å². The van der Waals surface area contributed by atoms with Crippen molar-refractivity contribution < 1.29 is 0 Å². The standard InChI is InChI=1S/C16H27BSi/c1-6-10-12-16(18-5)15(11-7-2)17(13-8-3)14-9-4/h7-9H,2-4,6,10-14H2,1,5H3/b16-15-. The Morgan fingerprint density at radius 2 is 1.72 bits per heavy atom. The Balaban J connectivity index is 5.13. The molecule has 98 valence electrons. The molecule has 0 rings (SSSR count). The molecule has 2 radical (unpaired) electrons. The van der Waals surface area contributed by atoms with E-state index in [0.717, 1.165) is 28.6 Å². The first-order valence-corrected chi connectivity index (χ1v) is 8.47. The van der Waals surface area contributed by atoms with Gasteiger partial charge in [0.2, 0.25) is 0 Å². The third-order valence-corrected chi connectivity index (χ3v) is 4.40.